The molecule has 0 bridgehead atoms. The van der Waals surface area contributed by atoms with Gasteiger partial charge in [0, 0.05) is 18.1 Å². The van der Waals surface area contributed by atoms with Gasteiger partial charge in [0.05, 0.1) is 0 Å². The molecule has 0 amide bonds. The number of hydrogen-bond donors (Lipinski definition) is 0. The molecule has 0 heterocycles. The molecule has 0 spiro atoms. The van der Waals surface area contributed by atoms with E-state index in [1.54, 1.807) is 0 Å². The molecule has 0 saturated carbocycles. The van der Waals surface area contributed by atoms with Gasteiger partial charge in [-0.05, 0) is 0 Å². The van der Waals surface area contributed by atoms with Gasteiger partial charge in [-0.1, -0.05) is 24.3 Å². The summed E-state index contributed by atoms with van der Waals surface area (Å²) in [5, 5.41) is 0. The van der Waals surface area contributed by atoms with Gasteiger partial charge in [0.1, 0.15) is 6.29 Å². The molecule has 0 fully saturated rings. The number of carbonyl (C=O) groups is 2. The first-order chi connectivity index (χ1) is 9.45. The normalized spacial score (nSPS) is 12.9. The van der Waals surface area contributed by atoms with Gasteiger partial charge in [0.15, 0.2) is 0 Å². The number of esters is 1. The molecule has 1 rings (SSSR count). The Labute approximate surface area is 114 Å². The molecule has 1 aromatic rings. The fourth-order valence-electron chi connectivity index (χ4n) is 1.67. The van der Waals surface area contributed by atoms with Crippen molar-refractivity contribution in [2.24, 2.45) is 0 Å². The summed E-state index contributed by atoms with van der Waals surface area (Å²) in [6, 6.07) is 2.40. The van der Waals surface area contributed by atoms with Gasteiger partial charge in [0.25, 0.3) is 0 Å². The summed E-state index contributed by atoms with van der Waals surface area (Å²) in [5.74, 6) is -1.75. The number of carbonyl (C=O) groups excluding carboxylic acids is 2. The fourth-order valence-corrected chi connectivity index (χ4v) is 1.67. The van der Waals surface area contributed by atoms with Crippen LogP contribution in [0.15, 0.2) is 24.3 Å². The van der Waals surface area contributed by atoms with Crippen molar-refractivity contribution >= 4 is 12.3 Å². The van der Waals surface area contributed by atoms with Gasteiger partial charge in [-0.3, -0.25) is 9.59 Å². The average Bonchev–Trinajstić information content (AvgIpc) is 2.33. The fraction of sp³-hybridized carbons (Fsp3) is 0.333. The average molecular weight is 314 g/mol. The Bertz CT molecular complexity index is 515. The van der Waals surface area contributed by atoms with Crippen molar-refractivity contribution < 1.29 is 40.7 Å². The SMILES string of the molecule is CC(=O)OC(c1ccc(C=O)cc1)(C(F)(F)F)C(F)(F)F. The number of aldehydes is 1. The largest absolute Gasteiger partial charge is 0.442 e. The summed E-state index contributed by atoms with van der Waals surface area (Å²) in [5.41, 5.74) is -6.25. The lowest BCUT2D eigenvalue weighted by molar-refractivity contribution is -0.377. The monoisotopic (exact) mass is 314 g/mol. The topological polar surface area (TPSA) is 43.4 Å². The van der Waals surface area contributed by atoms with E-state index in [0.717, 1.165) is 12.1 Å². The van der Waals surface area contributed by atoms with Gasteiger partial charge in [-0.25, -0.2) is 0 Å². The van der Waals surface area contributed by atoms with E-state index in [1.165, 1.54) is 0 Å². The van der Waals surface area contributed by atoms with Crippen LogP contribution in [0, 0.1) is 0 Å². The van der Waals surface area contributed by atoms with Crippen LogP contribution in [0.5, 0.6) is 0 Å². The third-order valence-electron chi connectivity index (χ3n) is 2.55. The number of rotatable bonds is 3. The molecular weight excluding hydrogens is 306 g/mol. The standard InChI is InChI=1S/C12H8F6O3/c1-7(20)21-10(11(13,14)15,12(16,17)18)9-4-2-8(6-19)3-5-9/h2-6H,1H3. The van der Waals surface area contributed by atoms with Crippen LogP contribution in [-0.4, -0.2) is 24.6 Å². The van der Waals surface area contributed by atoms with E-state index in [9.17, 15) is 35.9 Å². The molecule has 3 nitrogen and oxygen atoms in total. The van der Waals surface area contributed by atoms with Crippen LogP contribution in [0.25, 0.3) is 0 Å². The molecule has 0 aliphatic carbocycles. The van der Waals surface area contributed by atoms with Crippen molar-refractivity contribution in [2.45, 2.75) is 24.9 Å². The number of benzene rings is 1. The zero-order valence-electron chi connectivity index (χ0n) is 10.4. The molecule has 21 heavy (non-hydrogen) atoms. The molecule has 0 aliphatic rings. The lowest BCUT2D eigenvalue weighted by Gasteiger charge is -2.36. The first kappa shape index (κ1) is 17.0. The van der Waals surface area contributed by atoms with Gasteiger partial charge in [-0.2, -0.15) is 26.3 Å². The molecule has 9 heteroatoms. The maximum atomic E-state index is 13.0. The van der Waals surface area contributed by atoms with E-state index >= 15 is 0 Å². The third kappa shape index (κ3) is 3.01. The zero-order valence-corrected chi connectivity index (χ0v) is 10.4. The lowest BCUT2D eigenvalue weighted by atomic mass is 9.91. The van der Waals surface area contributed by atoms with Crippen molar-refractivity contribution in [1.29, 1.82) is 0 Å². The summed E-state index contributed by atoms with van der Waals surface area (Å²) >= 11 is 0. The first-order valence-electron chi connectivity index (χ1n) is 5.34. The quantitative estimate of drug-likeness (QED) is 0.488. The number of ether oxygens (including phenoxy) is 1. The molecule has 0 atom stereocenters. The summed E-state index contributed by atoms with van der Waals surface area (Å²) < 4.78 is 81.8. The number of hydrogen-bond acceptors (Lipinski definition) is 3. The van der Waals surface area contributed by atoms with Gasteiger partial charge < -0.3 is 4.74 Å². The molecule has 0 unspecified atom stereocenters. The van der Waals surface area contributed by atoms with Crippen LogP contribution >= 0.6 is 0 Å². The Balaban J connectivity index is 3.61. The Morgan fingerprint density at radius 1 is 1.00 bits per heavy atom. The molecular formula is C12H8F6O3. The summed E-state index contributed by atoms with van der Waals surface area (Å²) in [7, 11) is 0. The minimum absolute atomic E-state index is 0.125. The highest BCUT2D eigenvalue weighted by atomic mass is 19.4. The second-order valence-electron chi connectivity index (χ2n) is 4.01. The highest BCUT2D eigenvalue weighted by molar-refractivity contribution is 5.74. The van der Waals surface area contributed by atoms with E-state index in [-0.39, 0.29) is 11.8 Å². The van der Waals surface area contributed by atoms with Crippen LogP contribution in [0.4, 0.5) is 26.3 Å². The van der Waals surface area contributed by atoms with Crippen LogP contribution in [0.2, 0.25) is 0 Å². The molecule has 0 aromatic heterocycles. The van der Waals surface area contributed by atoms with Crippen molar-refractivity contribution in [2.75, 3.05) is 0 Å². The Morgan fingerprint density at radius 3 is 1.71 bits per heavy atom. The van der Waals surface area contributed by atoms with Crippen molar-refractivity contribution in [1.82, 2.24) is 0 Å². The van der Waals surface area contributed by atoms with Crippen molar-refractivity contribution in [3.8, 4) is 0 Å². The van der Waals surface area contributed by atoms with Crippen LogP contribution < -0.4 is 0 Å². The van der Waals surface area contributed by atoms with Gasteiger partial charge in [-0.15, -0.1) is 0 Å². The molecule has 116 valence electrons. The maximum Gasteiger partial charge on any atom is 0.442 e. The van der Waals surface area contributed by atoms with E-state index in [1.807, 2.05) is 0 Å². The highest BCUT2D eigenvalue weighted by Crippen LogP contribution is 2.52. The molecule has 0 N–H and O–H groups in total. The maximum absolute atomic E-state index is 13.0. The van der Waals surface area contributed by atoms with Crippen molar-refractivity contribution in [3.05, 3.63) is 35.4 Å². The third-order valence-corrected chi connectivity index (χ3v) is 2.55. The minimum Gasteiger partial charge on any atom is -0.435 e. The molecule has 0 aliphatic heterocycles. The first-order valence-corrected chi connectivity index (χ1v) is 5.34. The number of halogens is 6. The van der Waals surface area contributed by atoms with E-state index in [4.69, 9.17) is 0 Å². The second-order valence-corrected chi connectivity index (χ2v) is 4.01. The summed E-state index contributed by atoms with van der Waals surface area (Å²) in [4.78, 5) is 21.2. The smallest absolute Gasteiger partial charge is 0.435 e. The van der Waals surface area contributed by atoms with Crippen LogP contribution in [0.1, 0.15) is 22.8 Å². The highest BCUT2D eigenvalue weighted by Gasteiger charge is 2.75. The molecule has 1 aromatic carbocycles. The molecule has 0 saturated heterocycles. The van der Waals surface area contributed by atoms with Gasteiger partial charge >= 0.3 is 23.9 Å². The minimum atomic E-state index is -5.93. The van der Waals surface area contributed by atoms with Gasteiger partial charge in [0.2, 0.25) is 0 Å². The van der Waals surface area contributed by atoms with Crippen LogP contribution in [0.3, 0.4) is 0 Å². The molecule has 0 radical (unpaired) electrons. The van der Waals surface area contributed by atoms with Crippen molar-refractivity contribution in [3.63, 3.8) is 0 Å². The summed E-state index contributed by atoms with van der Waals surface area (Å²) in [6.07, 6.45) is -11.6. The predicted molar refractivity (Wildman–Crippen MR) is 57.4 cm³/mol. The van der Waals surface area contributed by atoms with E-state index in [0.29, 0.717) is 19.1 Å². The Morgan fingerprint density at radius 2 is 1.43 bits per heavy atom. The Kier molecular flexibility index (Phi) is 4.35. The zero-order chi connectivity index (χ0) is 16.5. The predicted octanol–water partition coefficient (Wildman–Crippen LogP) is 3.38. The van der Waals surface area contributed by atoms with E-state index in [2.05, 4.69) is 4.74 Å². The second kappa shape index (κ2) is 5.38. The Hall–Kier alpha value is -2.06. The number of alkyl halides is 6. The lowest BCUT2D eigenvalue weighted by Crippen LogP contribution is -2.56. The summed E-state index contributed by atoms with van der Waals surface area (Å²) in [6.45, 7) is 0.437. The van der Waals surface area contributed by atoms with Crippen LogP contribution in [-0.2, 0) is 15.1 Å². The van der Waals surface area contributed by atoms with E-state index < -0.39 is 29.5 Å².